The van der Waals surface area contributed by atoms with Crippen LogP contribution in [0.1, 0.15) is 54.1 Å². The van der Waals surface area contributed by atoms with Crippen LogP contribution in [-0.2, 0) is 11.2 Å². The normalized spacial score (nSPS) is 12.0. The Kier molecular flexibility index (Phi) is 5.85. The minimum Gasteiger partial charge on any atom is -0.491 e. The van der Waals surface area contributed by atoms with Gasteiger partial charge in [-0.2, -0.15) is 0 Å². The van der Waals surface area contributed by atoms with Gasteiger partial charge in [-0.15, -0.1) is 0 Å². The summed E-state index contributed by atoms with van der Waals surface area (Å²) < 4.78 is 10.9. The average molecular weight is 345 g/mol. The highest BCUT2D eigenvalue weighted by Crippen LogP contribution is 2.22. The number of nitrogens with one attached hydrogen (secondary N) is 1. The first-order valence-electron chi connectivity index (χ1n) is 8.14. The molecule has 1 heterocycles. The van der Waals surface area contributed by atoms with Crippen molar-refractivity contribution in [2.45, 2.75) is 46.3 Å². The molecule has 1 amide bonds. The second kappa shape index (κ2) is 7.88. The van der Waals surface area contributed by atoms with Crippen molar-refractivity contribution < 1.29 is 23.8 Å². The Morgan fingerprint density at radius 1 is 1.28 bits per heavy atom. The van der Waals surface area contributed by atoms with E-state index in [1.54, 1.807) is 6.92 Å². The maximum absolute atomic E-state index is 12.6. The number of ether oxygens (including phenoxy) is 1. The molecule has 2 rings (SSSR count). The van der Waals surface area contributed by atoms with Gasteiger partial charge in [-0.25, -0.2) is 0 Å². The van der Waals surface area contributed by atoms with Crippen LogP contribution in [0.25, 0.3) is 0 Å². The quantitative estimate of drug-likeness (QED) is 0.802. The molecule has 0 saturated heterocycles. The van der Waals surface area contributed by atoms with E-state index in [1.807, 2.05) is 45.0 Å². The van der Waals surface area contributed by atoms with E-state index < -0.39 is 5.97 Å². The van der Waals surface area contributed by atoms with Crippen molar-refractivity contribution in [3.8, 4) is 5.75 Å². The van der Waals surface area contributed by atoms with Crippen molar-refractivity contribution in [1.29, 1.82) is 0 Å². The number of hydrogen-bond donors (Lipinski definition) is 2. The lowest BCUT2D eigenvalue weighted by Gasteiger charge is -2.17. The number of furan rings is 1. The van der Waals surface area contributed by atoms with Crippen molar-refractivity contribution in [2.75, 3.05) is 0 Å². The number of aliphatic carboxylic acids is 1. The molecule has 0 bridgehead atoms. The van der Waals surface area contributed by atoms with Gasteiger partial charge in [0, 0.05) is 5.56 Å². The fourth-order valence-electron chi connectivity index (χ4n) is 2.55. The summed E-state index contributed by atoms with van der Waals surface area (Å²) in [7, 11) is 0. The fourth-order valence-corrected chi connectivity index (χ4v) is 2.55. The van der Waals surface area contributed by atoms with Crippen LogP contribution in [0.5, 0.6) is 5.75 Å². The van der Waals surface area contributed by atoms with Crippen LogP contribution in [0.3, 0.4) is 0 Å². The maximum Gasteiger partial charge on any atom is 0.311 e. The molecule has 1 aromatic carbocycles. The molecule has 25 heavy (non-hydrogen) atoms. The van der Waals surface area contributed by atoms with Crippen LogP contribution in [0, 0.1) is 6.92 Å². The van der Waals surface area contributed by atoms with Crippen LogP contribution in [-0.4, -0.2) is 23.1 Å². The number of aryl methyl sites for hydroxylation is 1. The molecule has 0 aliphatic heterocycles. The standard InChI is InChI=1S/C19H23NO5/c1-11(2)25-15-7-5-6-14(8-15)13(4)20-19(23)18-12(3)10-24-16(18)9-17(21)22/h5-8,10-11,13H,9H2,1-4H3,(H,20,23)(H,21,22). The summed E-state index contributed by atoms with van der Waals surface area (Å²) in [6.07, 6.45) is 1.13. The summed E-state index contributed by atoms with van der Waals surface area (Å²) in [5.41, 5.74) is 1.79. The molecule has 0 aliphatic carbocycles. The van der Waals surface area contributed by atoms with Gasteiger partial charge in [-0.05, 0) is 45.4 Å². The molecule has 1 unspecified atom stereocenters. The molecule has 0 fully saturated rings. The van der Waals surface area contributed by atoms with Crippen molar-refractivity contribution >= 4 is 11.9 Å². The Hall–Kier alpha value is -2.76. The topological polar surface area (TPSA) is 88.8 Å². The number of benzene rings is 1. The summed E-state index contributed by atoms with van der Waals surface area (Å²) in [6, 6.07) is 7.25. The number of hydrogen-bond acceptors (Lipinski definition) is 4. The highest BCUT2D eigenvalue weighted by atomic mass is 16.5. The Labute approximate surface area is 146 Å². The molecule has 2 N–H and O–H groups in total. The summed E-state index contributed by atoms with van der Waals surface area (Å²) >= 11 is 0. The van der Waals surface area contributed by atoms with Crippen molar-refractivity contribution in [2.24, 2.45) is 0 Å². The summed E-state index contributed by atoms with van der Waals surface area (Å²) in [6.45, 7) is 7.47. The molecule has 6 nitrogen and oxygen atoms in total. The first-order valence-corrected chi connectivity index (χ1v) is 8.14. The second-order valence-corrected chi connectivity index (χ2v) is 6.22. The molecule has 1 atom stereocenters. The first kappa shape index (κ1) is 18.6. The largest absolute Gasteiger partial charge is 0.491 e. The van der Waals surface area contributed by atoms with E-state index in [4.69, 9.17) is 14.3 Å². The zero-order chi connectivity index (χ0) is 18.6. The van der Waals surface area contributed by atoms with Crippen LogP contribution in [0.2, 0.25) is 0 Å². The van der Waals surface area contributed by atoms with Gasteiger partial charge in [0.1, 0.15) is 17.9 Å². The third-order valence-electron chi connectivity index (χ3n) is 3.67. The van der Waals surface area contributed by atoms with E-state index in [1.165, 1.54) is 6.26 Å². The zero-order valence-electron chi connectivity index (χ0n) is 14.8. The predicted octanol–water partition coefficient (Wildman–Crippen LogP) is 3.49. The number of carbonyl (C=O) groups is 2. The lowest BCUT2D eigenvalue weighted by atomic mass is 10.1. The Morgan fingerprint density at radius 3 is 2.64 bits per heavy atom. The van der Waals surface area contributed by atoms with Crippen LogP contribution in [0.15, 0.2) is 34.9 Å². The molecular formula is C19H23NO5. The van der Waals surface area contributed by atoms with Gasteiger partial charge in [-0.1, -0.05) is 12.1 Å². The molecule has 0 spiro atoms. The Morgan fingerprint density at radius 2 is 2.00 bits per heavy atom. The Bertz CT molecular complexity index is 763. The highest BCUT2D eigenvalue weighted by Gasteiger charge is 2.22. The smallest absolute Gasteiger partial charge is 0.311 e. The van der Waals surface area contributed by atoms with Gasteiger partial charge in [0.15, 0.2) is 0 Å². The van der Waals surface area contributed by atoms with Gasteiger partial charge in [-0.3, -0.25) is 9.59 Å². The SMILES string of the molecule is Cc1coc(CC(=O)O)c1C(=O)NC(C)c1cccc(OC(C)C)c1. The molecule has 0 saturated carbocycles. The van der Waals surface area contributed by atoms with Crippen molar-refractivity contribution in [3.05, 3.63) is 53.0 Å². The molecule has 134 valence electrons. The number of rotatable bonds is 7. The van der Waals surface area contributed by atoms with Crippen LogP contribution in [0.4, 0.5) is 0 Å². The number of carboxylic acid groups (broad SMARTS) is 1. The van der Waals surface area contributed by atoms with E-state index in [9.17, 15) is 9.59 Å². The number of carboxylic acids is 1. The predicted molar refractivity (Wildman–Crippen MR) is 92.9 cm³/mol. The third kappa shape index (κ3) is 4.86. The van der Waals surface area contributed by atoms with Gasteiger partial charge >= 0.3 is 5.97 Å². The van der Waals surface area contributed by atoms with E-state index in [2.05, 4.69) is 5.32 Å². The van der Waals surface area contributed by atoms with Gasteiger partial charge in [0.25, 0.3) is 5.91 Å². The van der Waals surface area contributed by atoms with Gasteiger partial charge < -0.3 is 19.6 Å². The van der Waals surface area contributed by atoms with E-state index in [-0.39, 0.29) is 35.8 Å². The zero-order valence-corrected chi connectivity index (χ0v) is 14.8. The van der Waals surface area contributed by atoms with Crippen LogP contribution >= 0.6 is 0 Å². The van der Waals surface area contributed by atoms with Gasteiger partial charge in [0.05, 0.1) is 24.0 Å². The summed E-state index contributed by atoms with van der Waals surface area (Å²) in [4.78, 5) is 23.5. The second-order valence-electron chi connectivity index (χ2n) is 6.22. The maximum atomic E-state index is 12.6. The molecular weight excluding hydrogens is 322 g/mol. The number of amides is 1. The molecule has 6 heteroatoms. The van der Waals surface area contributed by atoms with Crippen molar-refractivity contribution in [3.63, 3.8) is 0 Å². The average Bonchev–Trinajstić information content (AvgIpc) is 2.86. The summed E-state index contributed by atoms with van der Waals surface area (Å²) in [5.74, 6) is -0.508. The van der Waals surface area contributed by atoms with E-state index in [0.29, 0.717) is 5.56 Å². The monoisotopic (exact) mass is 345 g/mol. The molecule has 2 aromatic rings. The fraction of sp³-hybridized carbons (Fsp3) is 0.368. The number of carbonyl (C=O) groups excluding carboxylic acids is 1. The minimum absolute atomic E-state index is 0.0623. The van der Waals surface area contributed by atoms with E-state index in [0.717, 1.165) is 11.3 Å². The van der Waals surface area contributed by atoms with Gasteiger partial charge in [0.2, 0.25) is 0 Å². The van der Waals surface area contributed by atoms with E-state index >= 15 is 0 Å². The first-order chi connectivity index (χ1) is 11.8. The minimum atomic E-state index is -1.05. The van der Waals surface area contributed by atoms with Crippen LogP contribution < -0.4 is 10.1 Å². The lowest BCUT2D eigenvalue weighted by Crippen LogP contribution is -2.28. The molecule has 1 aromatic heterocycles. The summed E-state index contributed by atoms with van der Waals surface area (Å²) in [5, 5.41) is 11.8. The van der Waals surface area contributed by atoms with Crippen molar-refractivity contribution in [1.82, 2.24) is 5.32 Å². The highest BCUT2D eigenvalue weighted by molar-refractivity contribution is 5.97. The molecule has 0 aliphatic rings. The lowest BCUT2D eigenvalue weighted by molar-refractivity contribution is -0.136. The Balaban J connectivity index is 2.15. The molecule has 0 radical (unpaired) electrons. The third-order valence-corrected chi connectivity index (χ3v) is 3.67.